The van der Waals surface area contributed by atoms with Gasteiger partial charge in [-0.15, -0.1) is 0 Å². The highest BCUT2D eigenvalue weighted by Crippen LogP contribution is 2.28. The average Bonchev–Trinajstić information content (AvgIpc) is 2.70. The molecule has 0 heterocycles. The summed E-state index contributed by atoms with van der Waals surface area (Å²) >= 11 is 0. The van der Waals surface area contributed by atoms with E-state index in [0.717, 1.165) is 32.1 Å². The minimum Gasteiger partial charge on any atom is -0.489 e. The Hall–Kier alpha value is -2.89. The summed E-state index contributed by atoms with van der Waals surface area (Å²) in [6.45, 7) is 3.05. The van der Waals surface area contributed by atoms with Crippen LogP contribution in [0.2, 0.25) is 0 Å². The number of rotatable bonds is 10. The van der Waals surface area contributed by atoms with Crippen LogP contribution in [-0.2, 0) is 30.3 Å². The first kappa shape index (κ1) is 22.4. The summed E-state index contributed by atoms with van der Waals surface area (Å²) in [4.78, 5) is 35.9. The van der Waals surface area contributed by atoms with Crippen molar-refractivity contribution in [2.75, 3.05) is 14.2 Å². The second-order valence-corrected chi connectivity index (χ2v) is 6.98. The van der Waals surface area contributed by atoms with E-state index in [2.05, 4.69) is 0 Å². The van der Waals surface area contributed by atoms with E-state index in [1.54, 1.807) is 19.1 Å². The van der Waals surface area contributed by atoms with Crippen molar-refractivity contribution in [1.82, 2.24) is 0 Å². The third-order valence-corrected chi connectivity index (χ3v) is 4.92. The number of methoxy groups -OCH3 is 2. The lowest BCUT2D eigenvalue weighted by Gasteiger charge is -2.20. The zero-order chi connectivity index (χ0) is 21.4. The summed E-state index contributed by atoms with van der Waals surface area (Å²) in [6.07, 6.45) is 5.33. The highest BCUT2D eigenvalue weighted by molar-refractivity contribution is 6.23. The summed E-state index contributed by atoms with van der Waals surface area (Å²) in [6, 6.07) is 7.52. The number of Topliss-reactive ketones (excluding diaryl/α,β-unsaturated/α-hetero) is 2. The lowest BCUT2D eigenvalue weighted by molar-refractivity contribution is -0.131. The van der Waals surface area contributed by atoms with E-state index in [1.807, 2.05) is 12.1 Å². The third kappa shape index (κ3) is 5.79. The SMILES string of the molecule is COC1=C(OC)C(=O)C(CCCCCCc2ccc(OC(C)=O)cc2)=C(C)C1=O. The fourth-order valence-electron chi connectivity index (χ4n) is 3.37. The summed E-state index contributed by atoms with van der Waals surface area (Å²) in [5.74, 6) is -0.329. The molecule has 0 N–H and O–H groups in total. The number of benzene rings is 1. The normalized spacial score (nSPS) is 14.3. The molecule has 0 unspecified atom stereocenters. The second kappa shape index (κ2) is 10.6. The fourth-order valence-corrected chi connectivity index (χ4v) is 3.37. The first-order chi connectivity index (χ1) is 13.9. The van der Waals surface area contributed by atoms with Crippen molar-refractivity contribution in [3.63, 3.8) is 0 Å². The van der Waals surface area contributed by atoms with Crippen LogP contribution in [0.5, 0.6) is 5.75 Å². The molecule has 6 nitrogen and oxygen atoms in total. The molecule has 1 aromatic carbocycles. The van der Waals surface area contributed by atoms with E-state index in [4.69, 9.17) is 14.2 Å². The number of aryl methyl sites for hydroxylation is 1. The molecule has 0 saturated carbocycles. The highest BCUT2D eigenvalue weighted by atomic mass is 16.5. The smallest absolute Gasteiger partial charge is 0.308 e. The van der Waals surface area contributed by atoms with Crippen molar-refractivity contribution < 1.29 is 28.6 Å². The van der Waals surface area contributed by atoms with E-state index >= 15 is 0 Å². The Morgan fingerprint density at radius 3 is 1.93 bits per heavy atom. The largest absolute Gasteiger partial charge is 0.489 e. The predicted molar refractivity (Wildman–Crippen MR) is 108 cm³/mol. The molecule has 0 saturated heterocycles. The zero-order valence-electron chi connectivity index (χ0n) is 17.5. The molecule has 0 aliphatic heterocycles. The van der Waals surface area contributed by atoms with Gasteiger partial charge in [0.15, 0.2) is 0 Å². The molecule has 29 heavy (non-hydrogen) atoms. The summed E-state index contributed by atoms with van der Waals surface area (Å²) in [5, 5.41) is 0. The van der Waals surface area contributed by atoms with Crippen LogP contribution in [-0.4, -0.2) is 31.8 Å². The molecule has 1 aromatic rings. The first-order valence-electron chi connectivity index (χ1n) is 9.77. The molecular weight excluding hydrogens is 372 g/mol. The Labute approximate surface area is 171 Å². The summed E-state index contributed by atoms with van der Waals surface area (Å²) in [5.41, 5.74) is 2.16. The average molecular weight is 400 g/mol. The summed E-state index contributed by atoms with van der Waals surface area (Å²) < 4.78 is 15.2. The van der Waals surface area contributed by atoms with Crippen LogP contribution >= 0.6 is 0 Å². The van der Waals surface area contributed by atoms with Gasteiger partial charge in [-0.25, -0.2) is 0 Å². The van der Waals surface area contributed by atoms with E-state index in [1.165, 1.54) is 26.7 Å². The minimum absolute atomic E-state index is 0.00435. The topological polar surface area (TPSA) is 78.9 Å². The van der Waals surface area contributed by atoms with Crippen LogP contribution in [0.1, 0.15) is 51.5 Å². The molecule has 1 aliphatic rings. The van der Waals surface area contributed by atoms with Gasteiger partial charge in [0.1, 0.15) is 5.75 Å². The molecule has 156 valence electrons. The van der Waals surface area contributed by atoms with Crippen molar-refractivity contribution in [3.8, 4) is 5.75 Å². The van der Waals surface area contributed by atoms with Gasteiger partial charge < -0.3 is 14.2 Å². The molecular formula is C23H28O6. The van der Waals surface area contributed by atoms with Gasteiger partial charge in [0.2, 0.25) is 23.1 Å². The van der Waals surface area contributed by atoms with Gasteiger partial charge in [0.05, 0.1) is 14.2 Å². The molecule has 0 atom stereocenters. The standard InChI is InChI=1S/C23H28O6/c1-15-19(21(26)23(28-4)22(27-3)20(15)25)10-8-6-5-7-9-17-11-13-18(14-12-17)29-16(2)24/h11-14H,5-10H2,1-4H3. The quantitative estimate of drug-likeness (QED) is 0.255. The minimum atomic E-state index is -0.326. The molecule has 0 radical (unpaired) electrons. The number of allylic oxidation sites excluding steroid dienone is 2. The molecule has 0 aromatic heterocycles. The van der Waals surface area contributed by atoms with Gasteiger partial charge in [-0.3, -0.25) is 14.4 Å². The number of unbranched alkanes of at least 4 members (excludes halogenated alkanes) is 3. The van der Waals surface area contributed by atoms with Crippen LogP contribution in [0.25, 0.3) is 0 Å². The van der Waals surface area contributed by atoms with E-state index < -0.39 is 0 Å². The lowest BCUT2D eigenvalue weighted by atomic mass is 9.89. The van der Waals surface area contributed by atoms with Gasteiger partial charge in [-0.1, -0.05) is 25.0 Å². The van der Waals surface area contributed by atoms with Crippen molar-refractivity contribution in [2.45, 2.75) is 52.4 Å². The Bertz CT molecular complexity index is 829. The number of carbonyl (C=O) groups is 3. The zero-order valence-corrected chi connectivity index (χ0v) is 17.5. The predicted octanol–water partition coefficient (Wildman–Crippen LogP) is 4.08. The summed E-state index contributed by atoms with van der Waals surface area (Å²) in [7, 11) is 2.73. The van der Waals surface area contributed by atoms with E-state index in [-0.39, 0.29) is 29.1 Å². The van der Waals surface area contributed by atoms with Gasteiger partial charge in [-0.2, -0.15) is 0 Å². The van der Waals surface area contributed by atoms with Gasteiger partial charge in [-0.05, 0) is 50.3 Å². The highest BCUT2D eigenvalue weighted by Gasteiger charge is 2.34. The number of carbonyl (C=O) groups excluding carboxylic acids is 3. The maximum absolute atomic E-state index is 12.6. The van der Waals surface area contributed by atoms with E-state index in [0.29, 0.717) is 23.3 Å². The molecule has 1 aliphatic carbocycles. The number of ketones is 2. The third-order valence-electron chi connectivity index (χ3n) is 4.92. The van der Waals surface area contributed by atoms with Crippen LogP contribution in [0.15, 0.2) is 46.9 Å². The monoisotopic (exact) mass is 400 g/mol. The van der Waals surface area contributed by atoms with Gasteiger partial charge in [0, 0.05) is 18.1 Å². The van der Waals surface area contributed by atoms with Crippen molar-refractivity contribution in [3.05, 3.63) is 52.5 Å². The van der Waals surface area contributed by atoms with Gasteiger partial charge >= 0.3 is 5.97 Å². The van der Waals surface area contributed by atoms with Crippen LogP contribution in [0, 0.1) is 0 Å². The molecule has 0 fully saturated rings. The molecule has 0 spiro atoms. The van der Waals surface area contributed by atoms with Crippen LogP contribution in [0.4, 0.5) is 0 Å². The first-order valence-corrected chi connectivity index (χ1v) is 9.77. The van der Waals surface area contributed by atoms with Crippen LogP contribution in [0.3, 0.4) is 0 Å². The van der Waals surface area contributed by atoms with Crippen LogP contribution < -0.4 is 4.74 Å². The number of hydrogen-bond donors (Lipinski definition) is 0. The van der Waals surface area contributed by atoms with E-state index in [9.17, 15) is 14.4 Å². The Morgan fingerprint density at radius 1 is 0.828 bits per heavy atom. The number of esters is 1. The van der Waals surface area contributed by atoms with Crippen molar-refractivity contribution >= 4 is 17.5 Å². The maximum atomic E-state index is 12.6. The molecule has 2 rings (SSSR count). The Morgan fingerprint density at radius 2 is 1.38 bits per heavy atom. The van der Waals surface area contributed by atoms with Crippen molar-refractivity contribution in [2.24, 2.45) is 0 Å². The lowest BCUT2D eigenvalue weighted by Crippen LogP contribution is -2.25. The second-order valence-electron chi connectivity index (χ2n) is 6.98. The Kier molecular flexibility index (Phi) is 8.19. The molecule has 0 bridgehead atoms. The fraction of sp³-hybridized carbons (Fsp3) is 0.435. The Balaban J connectivity index is 1.78. The maximum Gasteiger partial charge on any atom is 0.308 e. The number of ether oxygens (including phenoxy) is 3. The van der Waals surface area contributed by atoms with Gasteiger partial charge in [0.25, 0.3) is 0 Å². The molecule has 6 heteroatoms. The molecule has 0 amide bonds. The van der Waals surface area contributed by atoms with Crippen molar-refractivity contribution in [1.29, 1.82) is 0 Å². The number of hydrogen-bond acceptors (Lipinski definition) is 6.